The third-order valence-electron chi connectivity index (χ3n) is 3.70. The number of nitrogens with one attached hydrogen (secondary N) is 1. The van der Waals surface area contributed by atoms with Crippen molar-refractivity contribution in [1.29, 1.82) is 0 Å². The molecule has 2 N–H and O–H groups in total. The van der Waals surface area contributed by atoms with Crippen LogP contribution in [0, 0.1) is 0 Å². The lowest BCUT2D eigenvalue weighted by molar-refractivity contribution is 0.292. The smallest absolute Gasteiger partial charge is 0.214 e. The molecule has 23 heavy (non-hydrogen) atoms. The first-order valence-electron chi connectivity index (χ1n) is 7.53. The molecular weight excluding hydrogens is 308 g/mol. The number of benzene rings is 2. The lowest BCUT2D eigenvalue weighted by Crippen LogP contribution is -2.03. The second kappa shape index (κ2) is 5.98. The molecule has 4 rings (SSSR count). The fraction of sp³-hybridized carbons (Fsp3) is 0.176. The van der Waals surface area contributed by atoms with Crippen molar-refractivity contribution < 1.29 is 5.11 Å². The second-order valence-electron chi connectivity index (χ2n) is 5.33. The van der Waals surface area contributed by atoms with E-state index in [2.05, 4.69) is 45.7 Å². The van der Waals surface area contributed by atoms with Crippen LogP contribution in [0.4, 0.5) is 5.13 Å². The Bertz CT molecular complexity index is 928. The highest BCUT2D eigenvalue weighted by molar-refractivity contribution is 7.20. The van der Waals surface area contributed by atoms with Crippen molar-refractivity contribution in [3.63, 3.8) is 0 Å². The fourth-order valence-electron chi connectivity index (χ4n) is 2.53. The van der Waals surface area contributed by atoms with E-state index in [0.717, 1.165) is 21.3 Å². The van der Waals surface area contributed by atoms with Crippen LogP contribution < -0.4 is 5.32 Å². The minimum Gasteiger partial charge on any atom is -0.396 e. The molecule has 2 heterocycles. The van der Waals surface area contributed by atoms with Crippen molar-refractivity contribution in [2.24, 2.45) is 0 Å². The number of aliphatic hydroxyl groups is 1. The maximum absolute atomic E-state index is 8.81. The first-order chi connectivity index (χ1) is 11.3. The standard InChI is InChI=1S/C17H16N4OS/c22-9-3-8-18-16-20-21-11-15(19-17(21)23-16)14-7-6-12-4-1-2-5-13(12)10-14/h1-2,4-7,10-11,22H,3,8-9H2,(H,18,20). The van der Waals surface area contributed by atoms with Crippen LogP contribution >= 0.6 is 11.3 Å². The third-order valence-corrected chi connectivity index (χ3v) is 4.58. The van der Waals surface area contributed by atoms with Gasteiger partial charge in [-0.05, 0) is 23.3 Å². The third kappa shape index (κ3) is 2.78. The number of nitrogens with zero attached hydrogens (tertiary/aromatic N) is 3. The van der Waals surface area contributed by atoms with E-state index in [1.54, 1.807) is 4.52 Å². The summed E-state index contributed by atoms with van der Waals surface area (Å²) in [7, 11) is 0. The van der Waals surface area contributed by atoms with E-state index in [9.17, 15) is 0 Å². The van der Waals surface area contributed by atoms with E-state index >= 15 is 0 Å². The van der Waals surface area contributed by atoms with Gasteiger partial charge in [0.05, 0.1) is 11.9 Å². The van der Waals surface area contributed by atoms with E-state index in [4.69, 9.17) is 5.11 Å². The van der Waals surface area contributed by atoms with Gasteiger partial charge in [0.1, 0.15) is 0 Å². The van der Waals surface area contributed by atoms with Crippen LogP contribution in [-0.2, 0) is 0 Å². The predicted molar refractivity (Wildman–Crippen MR) is 94.0 cm³/mol. The molecular formula is C17H16N4OS. The molecule has 2 aromatic heterocycles. The van der Waals surface area contributed by atoms with Gasteiger partial charge in [-0.15, -0.1) is 5.10 Å². The summed E-state index contributed by atoms with van der Waals surface area (Å²) in [6, 6.07) is 14.7. The summed E-state index contributed by atoms with van der Waals surface area (Å²) in [5.74, 6) is 0. The Hall–Kier alpha value is -2.44. The van der Waals surface area contributed by atoms with Gasteiger partial charge in [0.25, 0.3) is 0 Å². The molecule has 0 saturated carbocycles. The van der Waals surface area contributed by atoms with E-state index in [0.29, 0.717) is 13.0 Å². The van der Waals surface area contributed by atoms with Crippen molar-refractivity contribution in [3.05, 3.63) is 48.7 Å². The minimum atomic E-state index is 0.182. The summed E-state index contributed by atoms with van der Waals surface area (Å²) in [4.78, 5) is 5.53. The molecule has 5 nitrogen and oxygen atoms in total. The van der Waals surface area contributed by atoms with Gasteiger partial charge in [-0.2, -0.15) is 0 Å². The number of aliphatic hydroxyl groups excluding tert-OH is 1. The van der Waals surface area contributed by atoms with E-state index in [1.165, 1.54) is 22.1 Å². The molecule has 0 aliphatic carbocycles. The number of fused-ring (bicyclic) bond motifs is 2. The zero-order chi connectivity index (χ0) is 15.6. The molecule has 0 saturated heterocycles. The van der Waals surface area contributed by atoms with Gasteiger partial charge in [0.2, 0.25) is 10.1 Å². The Balaban J connectivity index is 1.64. The molecule has 0 atom stereocenters. The van der Waals surface area contributed by atoms with Gasteiger partial charge in [-0.1, -0.05) is 47.7 Å². The van der Waals surface area contributed by atoms with Crippen molar-refractivity contribution in [3.8, 4) is 11.3 Å². The highest BCUT2D eigenvalue weighted by atomic mass is 32.1. The summed E-state index contributed by atoms with van der Waals surface area (Å²) in [5.41, 5.74) is 2.02. The maximum atomic E-state index is 8.81. The molecule has 2 aromatic carbocycles. The number of anilines is 1. The van der Waals surface area contributed by atoms with Gasteiger partial charge >= 0.3 is 0 Å². The zero-order valence-electron chi connectivity index (χ0n) is 12.4. The number of aromatic nitrogens is 3. The average molecular weight is 324 g/mol. The van der Waals surface area contributed by atoms with Crippen LogP contribution in [0.3, 0.4) is 0 Å². The number of hydrogen-bond acceptors (Lipinski definition) is 5. The van der Waals surface area contributed by atoms with Gasteiger partial charge in [0, 0.05) is 18.7 Å². The lowest BCUT2D eigenvalue weighted by atomic mass is 10.1. The summed E-state index contributed by atoms with van der Waals surface area (Å²) in [6.07, 6.45) is 2.66. The fourth-order valence-corrected chi connectivity index (χ4v) is 3.34. The summed E-state index contributed by atoms with van der Waals surface area (Å²) in [5, 5.41) is 19.7. The molecule has 0 spiro atoms. The van der Waals surface area contributed by atoms with Crippen molar-refractivity contribution in [2.45, 2.75) is 6.42 Å². The largest absolute Gasteiger partial charge is 0.396 e. The summed E-state index contributed by atoms with van der Waals surface area (Å²) < 4.78 is 1.80. The summed E-state index contributed by atoms with van der Waals surface area (Å²) in [6.45, 7) is 0.895. The molecule has 0 aliphatic heterocycles. The second-order valence-corrected chi connectivity index (χ2v) is 6.28. The number of rotatable bonds is 5. The molecule has 0 fully saturated rings. The van der Waals surface area contributed by atoms with Gasteiger partial charge in [0.15, 0.2) is 0 Å². The summed E-state index contributed by atoms with van der Waals surface area (Å²) >= 11 is 1.51. The van der Waals surface area contributed by atoms with Crippen LogP contribution in [0.25, 0.3) is 27.0 Å². The molecule has 0 amide bonds. The van der Waals surface area contributed by atoms with E-state index in [-0.39, 0.29) is 6.61 Å². The maximum Gasteiger partial charge on any atom is 0.214 e. The Morgan fingerprint density at radius 1 is 1.13 bits per heavy atom. The van der Waals surface area contributed by atoms with Crippen LogP contribution in [0.15, 0.2) is 48.7 Å². The molecule has 4 aromatic rings. The SMILES string of the molecule is OCCCNc1nn2cc(-c3ccc4ccccc4c3)nc2s1. The zero-order valence-corrected chi connectivity index (χ0v) is 13.3. The van der Waals surface area contributed by atoms with Crippen LogP contribution in [0.5, 0.6) is 0 Å². The average Bonchev–Trinajstić information content (AvgIpc) is 3.13. The monoisotopic (exact) mass is 324 g/mol. The van der Waals surface area contributed by atoms with E-state index < -0.39 is 0 Å². The molecule has 6 heteroatoms. The normalized spacial score (nSPS) is 11.3. The topological polar surface area (TPSA) is 62.5 Å². The minimum absolute atomic E-state index is 0.182. The predicted octanol–water partition coefficient (Wildman–Crippen LogP) is 3.41. The van der Waals surface area contributed by atoms with Crippen molar-refractivity contribution >= 4 is 32.2 Å². The molecule has 0 aliphatic rings. The number of imidazole rings is 1. The molecule has 0 radical (unpaired) electrons. The number of hydrogen-bond donors (Lipinski definition) is 2. The molecule has 116 valence electrons. The quantitative estimate of drug-likeness (QED) is 0.552. The highest BCUT2D eigenvalue weighted by Gasteiger charge is 2.09. The molecule has 0 unspecified atom stereocenters. The van der Waals surface area contributed by atoms with Crippen LogP contribution in [-0.4, -0.2) is 32.9 Å². The first-order valence-corrected chi connectivity index (χ1v) is 8.35. The highest BCUT2D eigenvalue weighted by Crippen LogP contribution is 2.26. The van der Waals surface area contributed by atoms with E-state index in [1.807, 2.05) is 18.3 Å². The first kappa shape index (κ1) is 14.2. The van der Waals surface area contributed by atoms with Gasteiger partial charge < -0.3 is 10.4 Å². The Morgan fingerprint density at radius 3 is 2.83 bits per heavy atom. The Morgan fingerprint density at radius 2 is 2.00 bits per heavy atom. The van der Waals surface area contributed by atoms with Crippen molar-refractivity contribution in [2.75, 3.05) is 18.5 Å². The Labute approximate surface area is 137 Å². The van der Waals surface area contributed by atoms with Crippen LogP contribution in [0.2, 0.25) is 0 Å². The van der Waals surface area contributed by atoms with Gasteiger partial charge in [-0.3, -0.25) is 0 Å². The van der Waals surface area contributed by atoms with Crippen LogP contribution in [0.1, 0.15) is 6.42 Å². The van der Waals surface area contributed by atoms with Crippen molar-refractivity contribution in [1.82, 2.24) is 14.6 Å². The lowest BCUT2D eigenvalue weighted by Gasteiger charge is -2.00. The Kier molecular flexibility index (Phi) is 3.69. The molecule has 0 bridgehead atoms. The van der Waals surface area contributed by atoms with Gasteiger partial charge in [-0.25, -0.2) is 9.50 Å².